The molecule has 0 bridgehead atoms. The highest BCUT2D eigenvalue weighted by Gasteiger charge is 2.05. The number of unbranched alkanes of at least 4 members (excludes halogenated alkanes) is 4. The summed E-state index contributed by atoms with van der Waals surface area (Å²) in [5, 5.41) is 29.1. The molecule has 1 unspecified atom stereocenters. The Balaban J connectivity index is 2.01. The third kappa shape index (κ3) is 8.78. The second-order valence-electron chi connectivity index (χ2n) is 6.28. The van der Waals surface area contributed by atoms with E-state index < -0.39 is 0 Å². The van der Waals surface area contributed by atoms with Gasteiger partial charge in [-0.1, -0.05) is 62.1 Å². The fourth-order valence-electron chi connectivity index (χ4n) is 2.72. The van der Waals surface area contributed by atoms with E-state index >= 15 is 0 Å². The Hall–Kier alpha value is -1.74. The predicted octanol–water partition coefficient (Wildman–Crippen LogP) is 5.25. The van der Waals surface area contributed by atoms with E-state index in [1.54, 1.807) is 6.07 Å². The molecule has 0 aromatic heterocycles. The molecule has 24 heavy (non-hydrogen) atoms. The summed E-state index contributed by atoms with van der Waals surface area (Å²) in [4.78, 5) is 0. The third-order valence-electron chi connectivity index (χ3n) is 4.19. The molecule has 0 aliphatic carbocycles. The molecule has 0 amide bonds. The lowest BCUT2D eigenvalue weighted by atomic mass is 10.0. The monoisotopic (exact) mass is 332 g/mol. The average molecular weight is 332 g/mol. The van der Waals surface area contributed by atoms with Crippen LogP contribution in [0.25, 0.3) is 0 Å². The van der Waals surface area contributed by atoms with Crippen LogP contribution in [0.3, 0.4) is 0 Å². The van der Waals surface area contributed by atoms with Gasteiger partial charge < -0.3 is 15.3 Å². The van der Waals surface area contributed by atoms with Crippen LogP contribution in [0.1, 0.15) is 63.9 Å². The van der Waals surface area contributed by atoms with Crippen LogP contribution < -0.4 is 0 Å². The van der Waals surface area contributed by atoms with Gasteiger partial charge in [0.15, 0.2) is 11.5 Å². The van der Waals surface area contributed by atoms with Gasteiger partial charge in [0.1, 0.15) is 0 Å². The molecule has 0 aliphatic heterocycles. The molecule has 3 N–H and O–H groups in total. The molecule has 1 aromatic rings. The number of hydrogen-bond acceptors (Lipinski definition) is 3. The van der Waals surface area contributed by atoms with Crippen LogP contribution in [-0.4, -0.2) is 21.4 Å². The van der Waals surface area contributed by atoms with E-state index in [1.165, 1.54) is 6.07 Å². The van der Waals surface area contributed by atoms with Gasteiger partial charge in [0.05, 0.1) is 6.10 Å². The molecule has 0 radical (unpaired) electrons. The third-order valence-corrected chi connectivity index (χ3v) is 4.19. The highest BCUT2D eigenvalue weighted by atomic mass is 16.3. The first kappa shape index (κ1) is 20.3. The van der Waals surface area contributed by atoms with Crippen LogP contribution in [0, 0.1) is 0 Å². The second-order valence-corrected chi connectivity index (χ2v) is 6.28. The molecule has 0 spiro atoms. The predicted molar refractivity (Wildman–Crippen MR) is 100 cm³/mol. The molecule has 3 nitrogen and oxygen atoms in total. The van der Waals surface area contributed by atoms with Gasteiger partial charge in [-0.05, 0) is 50.7 Å². The van der Waals surface area contributed by atoms with Gasteiger partial charge in [0.2, 0.25) is 0 Å². The summed E-state index contributed by atoms with van der Waals surface area (Å²) in [5.74, 6) is -0.0221. The largest absolute Gasteiger partial charge is 0.504 e. The minimum Gasteiger partial charge on any atom is -0.504 e. The Morgan fingerprint density at radius 1 is 0.958 bits per heavy atom. The van der Waals surface area contributed by atoms with Crippen LogP contribution in [0.2, 0.25) is 0 Å². The van der Waals surface area contributed by atoms with Crippen molar-refractivity contribution in [3.63, 3.8) is 0 Å². The van der Waals surface area contributed by atoms with Crippen molar-refractivity contribution in [1.82, 2.24) is 0 Å². The number of aliphatic hydroxyl groups excluding tert-OH is 1. The van der Waals surface area contributed by atoms with E-state index in [-0.39, 0.29) is 17.6 Å². The highest BCUT2D eigenvalue weighted by Crippen LogP contribution is 2.29. The van der Waals surface area contributed by atoms with Crippen LogP contribution in [0.15, 0.2) is 42.5 Å². The molecule has 0 fully saturated rings. The minimum absolute atomic E-state index is 0.0177. The number of rotatable bonds is 12. The Morgan fingerprint density at radius 3 is 2.50 bits per heavy atom. The first-order chi connectivity index (χ1) is 11.6. The number of para-hydroxylation sites is 1. The van der Waals surface area contributed by atoms with Crippen LogP contribution in [-0.2, 0) is 6.42 Å². The van der Waals surface area contributed by atoms with Crippen molar-refractivity contribution in [1.29, 1.82) is 0 Å². The lowest BCUT2D eigenvalue weighted by Crippen LogP contribution is -2.05. The Bertz CT molecular complexity index is 506. The number of benzene rings is 1. The summed E-state index contributed by atoms with van der Waals surface area (Å²) < 4.78 is 0. The first-order valence-electron chi connectivity index (χ1n) is 9.11. The van der Waals surface area contributed by atoms with Gasteiger partial charge in [-0.3, -0.25) is 0 Å². The number of phenolic OH excluding ortho intramolecular Hbond substituents is 2. The molecule has 1 rings (SSSR count). The van der Waals surface area contributed by atoms with Gasteiger partial charge in [0.25, 0.3) is 0 Å². The first-order valence-corrected chi connectivity index (χ1v) is 9.11. The second kappa shape index (κ2) is 12.7. The van der Waals surface area contributed by atoms with Crippen molar-refractivity contribution < 1.29 is 15.3 Å². The number of phenols is 2. The summed E-state index contributed by atoms with van der Waals surface area (Å²) in [5.41, 5.74) is 0.816. The number of hydrogen-bond donors (Lipinski definition) is 3. The molecule has 0 aliphatic rings. The van der Waals surface area contributed by atoms with Crippen molar-refractivity contribution in [2.24, 2.45) is 0 Å². The van der Waals surface area contributed by atoms with Crippen molar-refractivity contribution in [2.75, 3.05) is 0 Å². The zero-order valence-corrected chi connectivity index (χ0v) is 14.8. The van der Waals surface area contributed by atoms with E-state index in [4.69, 9.17) is 0 Å². The fourth-order valence-corrected chi connectivity index (χ4v) is 2.72. The van der Waals surface area contributed by atoms with Gasteiger partial charge in [-0.25, -0.2) is 0 Å². The normalized spacial score (nSPS) is 13.1. The zero-order chi connectivity index (χ0) is 17.6. The number of allylic oxidation sites excluding steroid dienone is 4. The molecule has 3 heteroatoms. The standard InChI is InChI=1S/C21H32O3/c1-2-3-4-6-10-15-19(22)16-11-8-5-7-9-13-18-14-12-17-20(23)21(18)24/h2-4,6,12,14,17,19,22-24H,5,7-11,13,15-16H2,1H3/b3-2-,6-4+. The zero-order valence-electron chi connectivity index (χ0n) is 14.8. The summed E-state index contributed by atoms with van der Waals surface area (Å²) in [6, 6.07) is 5.12. The van der Waals surface area contributed by atoms with E-state index in [0.29, 0.717) is 0 Å². The van der Waals surface area contributed by atoms with Crippen molar-refractivity contribution >= 4 is 0 Å². The molecular formula is C21H32O3. The maximum Gasteiger partial charge on any atom is 0.160 e. The quantitative estimate of drug-likeness (QED) is 0.278. The summed E-state index contributed by atoms with van der Waals surface area (Å²) in [6.45, 7) is 1.99. The summed E-state index contributed by atoms with van der Waals surface area (Å²) in [7, 11) is 0. The molecule has 134 valence electrons. The molecule has 1 atom stereocenters. The Kier molecular flexibility index (Phi) is 10.7. The number of aliphatic hydroxyl groups is 1. The summed E-state index contributed by atoms with van der Waals surface area (Å²) in [6.07, 6.45) is 16.8. The van der Waals surface area contributed by atoms with Gasteiger partial charge in [-0.15, -0.1) is 0 Å². The van der Waals surface area contributed by atoms with Gasteiger partial charge in [-0.2, -0.15) is 0 Å². The van der Waals surface area contributed by atoms with Crippen LogP contribution in [0.5, 0.6) is 11.5 Å². The lowest BCUT2D eigenvalue weighted by Gasteiger charge is -2.09. The van der Waals surface area contributed by atoms with Crippen molar-refractivity contribution in [3.05, 3.63) is 48.1 Å². The van der Waals surface area contributed by atoms with Crippen LogP contribution in [0.4, 0.5) is 0 Å². The van der Waals surface area contributed by atoms with Crippen molar-refractivity contribution in [3.8, 4) is 11.5 Å². The number of aromatic hydroxyl groups is 2. The van der Waals surface area contributed by atoms with Crippen LogP contribution >= 0.6 is 0 Å². The highest BCUT2D eigenvalue weighted by molar-refractivity contribution is 5.44. The fraction of sp³-hybridized carbons (Fsp3) is 0.524. The molecule has 0 heterocycles. The topological polar surface area (TPSA) is 60.7 Å². The lowest BCUT2D eigenvalue weighted by molar-refractivity contribution is 0.152. The molecule has 0 saturated carbocycles. The van der Waals surface area contributed by atoms with Crippen molar-refractivity contribution in [2.45, 2.75) is 70.8 Å². The van der Waals surface area contributed by atoms with Gasteiger partial charge in [0, 0.05) is 0 Å². The molecule has 1 aromatic carbocycles. The van der Waals surface area contributed by atoms with Gasteiger partial charge >= 0.3 is 0 Å². The SMILES string of the molecule is C/C=C\C=C\CCC(O)CCCCCCCc1cccc(O)c1O. The maximum atomic E-state index is 9.91. The average Bonchev–Trinajstić information content (AvgIpc) is 2.57. The van der Waals surface area contributed by atoms with E-state index in [2.05, 4.69) is 6.08 Å². The van der Waals surface area contributed by atoms with E-state index in [0.717, 1.165) is 63.4 Å². The Morgan fingerprint density at radius 2 is 1.71 bits per heavy atom. The summed E-state index contributed by atoms with van der Waals surface area (Å²) >= 11 is 0. The Labute approximate surface area is 146 Å². The molecular weight excluding hydrogens is 300 g/mol. The maximum absolute atomic E-state index is 9.91. The minimum atomic E-state index is -0.190. The number of aryl methyl sites for hydroxylation is 1. The smallest absolute Gasteiger partial charge is 0.160 e. The van der Waals surface area contributed by atoms with E-state index in [1.807, 2.05) is 31.2 Å². The van der Waals surface area contributed by atoms with E-state index in [9.17, 15) is 15.3 Å². The molecule has 0 saturated heterocycles.